The minimum Gasteiger partial charge on any atom is -0.444 e. The van der Waals surface area contributed by atoms with E-state index in [-0.39, 0.29) is 5.78 Å². The molecule has 0 aromatic rings. The number of rotatable bonds is 6. The van der Waals surface area contributed by atoms with Crippen LogP contribution in [0.25, 0.3) is 0 Å². The highest BCUT2D eigenvalue weighted by Gasteiger charge is 2.27. The van der Waals surface area contributed by atoms with Crippen LogP contribution in [0.15, 0.2) is 0 Å². The number of Topliss-reactive ketones (excluding diaryl/α,β-unsaturated/α-hetero) is 1. The van der Waals surface area contributed by atoms with Gasteiger partial charge in [0.2, 0.25) is 0 Å². The van der Waals surface area contributed by atoms with Gasteiger partial charge in [-0.2, -0.15) is 11.8 Å². The summed E-state index contributed by atoms with van der Waals surface area (Å²) >= 11 is 7.89. The minimum absolute atomic E-state index is 0.123. The van der Waals surface area contributed by atoms with Crippen LogP contribution in [0.5, 0.6) is 0 Å². The summed E-state index contributed by atoms with van der Waals surface area (Å²) in [6, 6.07) is -0.562. The zero-order valence-electron chi connectivity index (χ0n) is 11.0. The van der Waals surface area contributed by atoms with Crippen LogP contribution in [0.1, 0.15) is 27.7 Å². The molecule has 0 aromatic heterocycles. The highest BCUT2D eigenvalue weighted by atomic mass is 79.9. The summed E-state index contributed by atoms with van der Waals surface area (Å²) in [5.41, 5.74) is -0.572. The number of carbonyl (C=O) groups excluding carboxylic acids is 2. The zero-order valence-corrected chi connectivity index (χ0v) is 14.9. The predicted molar refractivity (Wildman–Crippen MR) is 82.8 cm³/mol. The van der Waals surface area contributed by atoms with Crippen molar-refractivity contribution < 1.29 is 14.3 Å². The topological polar surface area (TPSA) is 55.4 Å². The van der Waals surface area contributed by atoms with Crippen LogP contribution >= 0.6 is 43.6 Å². The van der Waals surface area contributed by atoms with E-state index >= 15 is 0 Å². The van der Waals surface area contributed by atoms with E-state index in [1.165, 1.54) is 0 Å². The largest absolute Gasteiger partial charge is 0.444 e. The number of thioether (sulfide) groups is 1. The molecule has 106 valence electrons. The van der Waals surface area contributed by atoms with Crippen LogP contribution < -0.4 is 5.32 Å². The first kappa shape index (κ1) is 18.2. The third kappa shape index (κ3) is 8.37. The lowest BCUT2D eigenvalue weighted by Crippen LogP contribution is -2.46. The molecule has 1 atom stereocenters. The first-order chi connectivity index (χ1) is 8.17. The SMILES string of the molecule is CCSC[C@H](NC(=O)OC(C)(C)C)C(=O)C(Br)Br. The van der Waals surface area contributed by atoms with Crippen molar-refractivity contribution in [2.75, 3.05) is 11.5 Å². The fraction of sp³-hybridized carbons (Fsp3) is 0.818. The Morgan fingerprint density at radius 2 is 1.89 bits per heavy atom. The number of alkyl halides is 2. The lowest BCUT2D eigenvalue weighted by Gasteiger charge is -2.23. The van der Waals surface area contributed by atoms with Gasteiger partial charge in [-0.1, -0.05) is 38.8 Å². The van der Waals surface area contributed by atoms with Crippen molar-refractivity contribution in [1.82, 2.24) is 5.32 Å². The van der Waals surface area contributed by atoms with E-state index in [4.69, 9.17) is 4.74 Å². The Kier molecular flexibility index (Phi) is 8.54. The Morgan fingerprint density at radius 3 is 2.28 bits per heavy atom. The standard InChI is InChI=1S/C11H19Br2NO3S/c1-5-18-6-7(8(15)9(12)13)14-10(16)17-11(2,3)4/h7,9H,5-6H2,1-4H3,(H,14,16)/t7-/m0/s1. The highest BCUT2D eigenvalue weighted by molar-refractivity contribution is 9.25. The summed E-state index contributed by atoms with van der Waals surface area (Å²) in [4.78, 5) is 23.5. The number of ketones is 1. The molecule has 18 heavy (non-hydrogen) atoms. The lowest BCUT2D eigenvalue weighted by molar-refractivity contribution is -0.118. The highest BCUT2D eigenvalue weighted by Crippen LogP contribution is 2.15. The Labute approximate surface area is 129 Å². The van der Waals surface area contributed by atoms with Gasteiger partial charge in [0.05, 0.1) is 0 Å². The third-order valence-corrected chi connectivity index (χ3v) is 3.62. The van der Waals surface area contributed by atoms with Crippen molar-refractivity contribution in [3.05, 3.63) is 0 Å². The molecular formula is C11H19Br2NO3S. The molecule has 7 heteroatoms. The van der Waals surface area contributed by atoms with Crippen LogP contribution in [-0.4, -0.2) is 38.8 Å². The predicted octanol–water partition coefficient (Wildman–Crippen LogP) is 3.32. The molecule has 0 radical (unpaired) electrons. The van der Waals surface area contributed by atoms with Crippen LogP contribution in [0, 0.1) is 0 Å². The number of carbonyl (C=O) groups is 2. The molecule has 0 fully saturated rings. The normalized spacial score (nSPS) is 13.3. The third-order valence-electron chi connectivity index (χ3n) is 1.74. The number of ether oxygens (including phenoxy) is 1. The number of alkyl carbamates (subject to hydrolysis) is 1. The summed E-state index contributed by atoms with van der Waals surface area (Å²) < 4.78 is 4.67. The summed E-state index contributed by atoms with van der Waals surface area (Å²) in [5.74, 6) is 1.29. The molecular weight excluding hydrogens is 386 g/mol. The molecule has 0 spiro atoms. The smallest absolute Gasteiger partial charge is 0.408 e. The second-order valence-electron chi connectivity index (χ2n) is 4.56. The van der Waals surface area contributed by atoms with E-state index in [9.17, 15) is 9.59 Å². The number of halogens is 2. The number of hydrogen-bond acceptors (Lipinski definition) is 4. The first-order valence-electron chi connectivity index (χ1n) is 5.56. The van der Waals surface area contributed by atoms with Crippen molar-refractivity contribution in [2.45, 2.75) is 43.1 Å². The van der Waals surface area contributed by atoms with Crippen molar-refractivity contribution in [3.63, 3.8) is 0 Å². The molecule has 4 nitrogen and oxygen atoms in total. The average Bonchev–Trinajstić information content (AvgIpc) is 2.20. The fourth-order valence-corrected chi connectivity index (χ4v) is 2.39. The molecule has 1 N–H and O–H groups in total. The van der Waals surface area contributed by atoms with Crippen molar-refractivity contribution in [3.8, 4) is 0 Å². The summed E-state index contributed by atoms with van der Waals surface area (Å²) in [6.07, 6.45) is -0.571. The summed E-state index contributed by atoms with van der Waals surface area (Å²) in [6.45, 7) is 7.34. The van der Waals surface area contributed by atoms with Gasteiger partial charge in [0.15, 0.2) is 5.78 Å². The second-order valence-corrected chi connectivity index (χ2v) is 8.94. The van der Waals surface area contributed by atoms with E-state index in [1.54, 1.807) is 32.5 Å². The van der Waals surface area contributed by atoms with Gasteiger partial charge in [-0.25, -0.2) is 4.79 Å². The molecule has 0 aliphatic carbocycles. The first-order valence-corrected chi connectivity index (χ1v) is 8.55. The van der Waals surface area contributed by atoms with E-state index in [0.29, 0.717) is 5.75 Å². The van der Waals surface area contributed by atoms with Gasteiger partial charge in [0.25, 0.3) is 0 Å². The molecule has 0 unspecified atom stereocenters. The van der Waals surface area contributed by atoms with Gasteiger partial charge >= 0.3 is 6.09 Å². The number of hydrogen-bond donors (Lipinski definition) is 1. The van der Waals surface area contributed by atoms with Crippen LogP contribution in [0.2, 0.25) is 0 Å². The van der Waals surface area contributed by atoms with Gasteiger partial charge in [-0.05, 0) is 26.5 Å². The maximum atomic E-state index is 11.9. The quantitative estimate of drug-likeness (QED) is 0.690. The fourth-order valence-electron chi connectivity index (χ4n) is 1.03. The van der Waals surface area contributed by atoms with Crippen molar-refractivity contribution in [1.29, 1.82) is 0 Å². The maximum absolute atomic E-state index is 11.9. The molecule has 0 heterocycles. The van der Waals surface area contributed by atoms with Crippen LogP contribution in [0.4, 0.5) is 4.79 Å². The van der Waals surface area contributed by atoms with Gasteiger partial charge in [0, 0.05) is 5.75 Å². The van der Waals surface area contributed by atoms with E-state index in [1.807, 2.05) is 6.92 Å². The molecule has 0 bridgehead atoms. The Bertz CT molecular complexity index is 293. The van der Waals surface area contributed by atoms with E-state index < -0.39 is 21.5 Å². The van der Waals surface area contributed by atoms with Gasteiger partial charge in [-0.3, -0.25) is 4.79 Å². The minimum atomic E-state index is -0.572. The molecule has 1 amide bonds. The second kappa shape index (κ2) is 8.43. The lowest BCUT2D eigenvalue weighted by atomic mass is 10.2. The Balaban J connectivity index is 4.49. The molecule has 0 saturated carbocycles. The number of nitrogens with one attached hydrogen (secondary N) is 1. The molecule has 0 aliphatic heterocycles. The summed E-state index contributed by atoms with van der Waals surface area (Å²) in [7, 11) is 0. The van der Waals surface area contributed by atoms with Crippen LogP contribution in [0.3, 0.4) is 0 Å². The van der Waals surface area contributed by atoms with Gasteiger partial charge in [-0.15, -0.1) is 0 Å². The van der Waals surface area contributed by atoms with Crippen molar-refractivity contribution in [2.24, 2.45) is 0 Å². The number of amides is 1. The Morgan fingerprint density at radius 1 is 1.33 bits per heavy atom. The molecule has 0 saturated heterocycles. The monoisotopic (exact) mass is 403 g/mol. The van der Waals surface area contributed by atoms with E-state index in [0.717, 1.165) is 5.75 Å². The molecule has 0 aliphatic rings. The summed E-state index contributed by atoms with van der Waals surface area (Å²) in [5, 5.41) is 2.60. The maximum Gasteiger partial charge on any atom is 0.408 e. The average molecular weight is 405 g/mol. The Hall–Kier alpha value is 0.250. The molecule has 0 rings (SSSR count). The van der Waals surface area contributed by atoms with Gasteiger partial charge < -0.3 is 10.1 Å². The van der Waals surface area contributed by atoms with Crippen LogP contribution in [-0.2, 0) is 9.53 Å². The molecule has 0 aromatic carbocycles. The zero-order chi connectivity index (χ0) is 14.3. The van der Waals surface area contributed by atoms with E-state index in [2.05, 4.69) is 37.2 Å². The van der Waals surface area contributed by atoms with Crippen molar-refractivity contribution >= 4 is 55.5 Å². The van der Waals surface area contributed by atoms with Gasteiger partial charge in [0.1, 0.15) is 15.4 Å².